The van der Waals surface area contributed by atoms with Crippen LogP contribution in [0.3, 0.4) is 0 Å². The number of hydrogen-bond acceptors (Lipinski definition) is 2. The van der Waals surface area contributed by atoms with Crippen LogP contribution >= 0.6 is 39.7 Å². The lowest BCUT2D eigenvalue weighted by Crippen LogP contribution is -2.09. The normalized spacial score (nSPS) is 10.3. The average Bonchev–Trinajstić information content (AvgIpc) is 2.36. The molecule has 0 amide bonds. The van der Waals surface area contributed by atoms with Crippen molar-refractivity contribution >= 4 is 44.7 Å². The first-order valence-corrected chi connectivity index (χ1v) is 7.21. The van der Waals surface area contributed by atoms with Crippen LogP contribution in [0.1, 0.15) is 11.1 Å². The predicted octanol–water partition coefficient (Wildman–Crippen LogP) is 4.45. The third kappa shape index (κ3) is 3.91. The van der Waals surface area contributed by atoms with E-state index in [9.17, 15) is 4.39 Å². The summed E-state index contributed by atoms with van der Waals surface area (Å²) in [6.07, 6.45) is 0. The number of benzene rings is 2. The molecule has 6 heteroatoms. The second-order valence-corrected chi connectivity index (χ2v) is 5.84. The van der Waals surface area contributed by atoms with E-state index in [1.54, 1.807) is 24.3 Å². The summed E-state index contributed by atoms with van der Waals surface area (Å²) < 4.78 is 19.5. The highest BCUT2D eigenvalue weighted by atomic mass is 79.9. The minimum atomic E-state index is -0.326. The number of ether oxygens (including phenoxy) is 1. The lowest BCUT2D eigenvalue weighted by Gasteiger charge is -2.09. The van der Waals surface area contributed by atoms with Crippen molar-refractivity contribution in [3.63, 3.8) is 0 Å². The number of halogens is 3. The molecule has 0 saturated heterocycles. The SMILES string of the molecule is NC(=S)c1ccc(OCc2cc(F)cc(Br)c2)c(Cl)c1. The first-order valence-electron chi connectivity index (χ1n) is 5.63. The van der Waals surface area contributed by atoms with Crippen molar-refractivity contribution in [1.29, 1.82) is 0 Å². The molecule has 20 heavy (non-hydrogen) atoms. The maximum Gasteiger partial charge on any atom is 0.138 e. The summed E-state index contributed by atoms with van der Waals surface area (Å²) in [5.74, 6) is 0.167. The number of thiocarbonyl (C=S) groups is 1. The fraction of sp³-hybridized carbons (Fsp3) is 0.0714. The van der Waals surface area contributed by atoms with E-state index in [1.807, 2.05) is 0 Å². The van der Waals surface area contributed by atoms with Crippen LogP contribution in [0.5, 0.6) is 5.75 Å². The van der Waals surface area contributed by atoms with Crippen LogP contribution in [0, 0.1) is 5.82 Å². The topological polar surface area (TPSA) is 35.2 Å². The predicted molar refractivity (Wildman–Crippen MR) is 85.8 cm³/mol. The Morgan fingerprint density at radius 3 is 2.65 bits per heavy atom. The molecule has 0 aliphatic heterocycles. The van der Waals surface area contributed by atoms with Gasteiger partial charge in [-0.2, -0.15) is 0 Å². The molecule has 0 fully saturated rings. The largest absolute Gasteiger partial charge is 0.487 e. The molecule has 0 radical (unpaired) electrons. The van der Waals surface area contributed by atoms with Crippen molar-refractivity contribution in [3.05, 3.63) is 62.8 Å². The molecule has 104 valence electrons. The summed E-state index contributed by atoms with van der Waals surface area (Å²) in [5.41, 5.74) is 6.89. The molecule has 2 N–H and O–H groups in total. The molecule has 0 aromatic heterocycles. The lowest BCUT2D eigenvalue weighted by molar-refractivity contribution is 0.305. The second-order valence-electron chi connectivity index (χ2n) is 4.08. The van der Waals surface area contributed by atoms with Crippen molar-refractivity contribution in [2.24, 2.45) is 5.73 Å². The van der Waals surface area contributed by atoms with Crippen molar-refractivity contribution in [2.75, 3.05) is 0 Å². The molecule has 0 atom stereocenters. The Labute approximate surface area is 134 Å². The Kier molecular flexibility index (Phi) is 4.96. The van der Waals surface area contributed by atoms with E-state index in [4.69, 9.17) is 34.3 Å². The molecule has 0 heterocycles. The van der Waals surface area contributed by atoms with E-state index in [0.29, 0.717) is 26.4 Å². The lowest BCUT2D eigenvalue weighted by atomic mass is 10.2. The van der Waals surface area contributed by atoms with Gasteiger partial charge < -0.3 is 10.5 Å². The van der Waals surface area contributed by atoms with E-state index < -0.39 is 0 Å². The molecule has 0 saturated carbocycles. The molecule has 0 aliphatic rings. The minimum absolute atomic E-state index is 0.211. The highest BCUT2D eigenvalue weighted by Crippen LogP contribution is 2.26. The van der Waals surface area contributed by atoms with Crippen LogP contribution in [-0.4, -0.2) is 4.99 Å². The smallest absolute Gasteiger partial charge is 0.138 e. The summed E-state index contributed by atoms with van der Waals surface area (Å²) in [5, 5.41) is 0.408. The van der Waals surface area contributed by atoms with Gasteiger partial charge in [-0.05, 0) is 42.0 Å². The first-order chi connectivity index (χ1) is 9.45. The summed E-state index contributed by atoms with van der Waals surface area (Å²) in [4.78, 5) is 0.271. The Morgan fingerprint density at radius 2 is 2.05 bits per heavy atom. The Bertz CT molecular complexity index is 645. The maximum atomic E-state index is 13.2. The van der Waals surface area contributed by atoms with E-state index >= 15 is 0 Å². The van der Waals surface area contributed by atoms with Gasteiger partial charge in [-0.3, -0.25) is 0 Å². The Hall–Kier alpha value is -1.17. The summed E-state index contributed by atoms with van der Waals surface area (Å²) in [7, 11) is 0. The van der Waals surface area contributed by atoms with Crippen LogP contribution in [0.25, 0.3) is 0 Å². The van der Waals surface area contributed by atoms with E-state index in [0.717, 1.165) is 0 Å². The van der Waals surface area contributed by atoms with E-state index in [1.165, 1.54) is 12.1 Å². The number of hydrogen-bond donors (Lipinski definition) is 1. The zero-order valence-electron chi connectivity index (χ0n) is 10.2. The first kappa shape index (κ1) is 15.2. The van der Waals surface area contributed by atoms with Gasteiger partial charge in [0, 0.05) is 10.0 Å². The zero-order chi connectivity index (χ0) is 14.7. The van der Waals surface area contributed by atoms with Gasteiger partial charge in [-0.25, -0.2) is 4.39 Å². The van der Waals surface area contributed by atoms with E-state index in [-0.39, 0.29) is 17.4 Å². The van der Waals surface area contributed by atoms with Crippen LogP contribution in [-0.2, 0) is 6.61 Å². The third-order valence-corrected chi connectivity index (χ3v) is 3.52. The van der Waals surface area contributed by atoms with Crippen LogP contribution in [0.2, 0.25) is 5.02 Å². The molecular formula is C14H10BrClFNOS. The standard InChI is InChI=1S/C14H10BrClFNOS/c15-10-3-8(4-11(17)6-10)7-19-13-2-1-9(14(18)20)5-12(13)16/h1-6H,7H2,(H2,18,20). The summed E-state index contributed by atoms with van der Waals surface area (Å²) >= 11 is 14.2. The van der Waals surface area contributed by atoms with Crippen LogP contribution in [0.4, 0.5) is 4.39 Å². The highest BCUT2D eigenvalue weighted by molar-refractivity contribution is 9.10. The van der Waals surface area contributed by atoms with Crippen LogP contribution in [0.15, 0.2) is 40.9 Å². The van der Waals surface area contributed by atoms with Gasteiger partial charge in [0.05, 0.1) is 5.02 Å². The zero-order valence-corrected chi connectivity index (χ0v) is 13.4. The van der Waals surface area contributed by atoms with Crippen LogP contribution < -0.4 is 10.5 Å². The van der Waals surface area contributed by atoms with Gasteiger partial charge in [-0.15, -0.1) is 0 Å². The molecule has 0 unspecified atom stereocenters. The Morgan fingerprint density at radius 1 is 1.30 bits per heavy atom. The monoisotopic (exact) mass is 373 g/mol. The van der Waals surface area contributed by atoms with Gasteiger partial charge in [-0.1, -0.05) is 39.7 Å². The van der Waals surface area contributed by atoms with Gasteiger partial charge in [0.1, 0.15) is 23.2 Å². The fourth-order valence-electron chi connectivity index (χ4n) is 1.63. The molecule has 2 nitrogen and oxygen atoms in total. The second kappa shape index (κ2) is 6.52. The molecule has 0 bridgehead atoms. The number of rotatable bonds is 4. The molecule has 2 aromatic rings. The highest BCUT2D eigenvalue weighted by Gasteiger charge is 2.06. The summed E-state index contributed by atoms with van der Waals surface area (Å²) in [6.45, 7) is 0.211. The summed E-state index contributed by atoms with van der Waals surface area (Å²) in [6, 6.07) is 9.62. The van der Waals surface area contributed by atoms with Crippen molar-refractivity contribution in [1.82, 2.24) is 0 Å². The fourth-order valence-corrected chi connectivity index (χ4v) is 2.50. The van der Waals surface area contributed by atoms with E-state index in [2.05, 4.69) is 15.9 Å². The van der Waals surface area contributed by atoms with Gasteiger partial charge >= 0.3 is 0 Å². The Balaban J connectivity index is 2.12. The average molecular weight is 375 g/mol. The number of nitrogens with two attached hydrogens (primary N) is 1. The van der Waals surface area contributed by atoms with Gasteiger partial charge in [0.2, 0.25) is 0 Å². The molecule has 0 spiro atoms. The maximum absolute atomic E-state index is 13.2. The van der Waals surface area contributed by atoms with Crippen molar-refractivity contribution in [2.45, 2.75) is 6.61 Å². The van der Waals surface area contributed by atoms with Gasteiger partial charge in [0.15, 0.2) is 0 Å². The quantitative estimate of drug-likeness (QED) is 0.803. The molecular weight excluding hydrogens is 365 g/mol. The van der Waals surface area contributed by atoms with Gasteiger partial charge in [0.25, 0.3) is 0 Å². The molecule has 2 rings (SSSR count). The van der Waals surface area contributed by atoms with Crippen molar-refractivity contribution in [3.8, 4) is 5.75 Å². The van der Waals surface area contributed by atoms with Crippen molar-refractivity contribution < 1.29 is 9.13 Å². The third-order valence-electron chi connectivity index (χ3n) is 2.53. The molecule has 0 aliphatic carbocycles. The molecule has 2 aromatic carbocycles. The minimum Gasteiger partial charge on any atom is -0.487 e.